The molecule has 0 unspecified atom stereocenters. The molecule has 2 N–H and O–H groups in total. The Balaban J connectivity index is 0.585. The van der Waals surface area contributed by atoms with Gasteiger partial charge in [0.2, 0.25) is 0 Å². The highest BCUT2D eigenvalue weighted by Crippen LogP contribution is 2.55. The topological polar surface area (TPSA) is 151 Å². The average Bonchev–Trinajstić information content (AvgIpc) is 1.58. The predicted octanol–water partition coefficient (Wildman–Crippen LogP) is 26.6. The maximum Gasteiger partial charge on any atom is 0.180 e. The Kier molecular flexibility index (Phi) is 20.0. The molecule has 0 radical (unpaired) electrons. The molecule has 0 spiro atoms. The summed E-state index contributed by atoms with van der Waals surface area (Å²) in [5.74, 6) is 2.08. The van der Waals surface area contributed by atoms with Gasteiger partial charge in [0.1, 0.15) is 11.4 Å². The Bertz CT molecular complexity index is 6840. The molecule has 0 amide bonds. The number of ether oxygens (including phenoxy) is 4. The summed E-state index contributed by atoms with van der Waals surface area (Å²) in [4.78, 5) is 30.3. The molecule has 0 atom stereocenters. The lowest BCUT2D eigenvalue weighted by atomic mass is 9.94. The SMILES string of the molecule is Cc1ccc(-c2c3nc(c(-c4ccc(C)cc4)c4ccc([nH]4)c(-c4ccc(OCCCn5cc(COCC6(C)COc7c(c8sc7c(-c7ccc(C)cc7)c7nc(c(-c9ccc(C)cc9)c9ccc(s9)c(-c9ccc(C)cc9)c9nc(c8-c8ccc(C)cc8)C=C9)C=C7)OC6)nn5)cc4)c4nc(c(-c5ccc(C)cc5)c5ccc2[nH]5)C=C4)C=C3)cc1. The van der Waals surface area contributed by atoms with Gasteiger partial charge in [0.15, 0.2) is 11.5 Å². The summed E-state index contributed by atoms with van der Waals surface area (Å²) in [6, 6.07) is 82.8. The number of fused-ring (bicyclic) bond motifs is 19. The van der Waals surface area contributed by atoms with Gasteiger partial charge in [-0.05, 0) is 190 Å². The molecule has 5 aliphatic rings. The van der Waals surface area contributed by atoms with Crippen molar-refractivity contribution in [3.05, 3.63) is 327 Å². The second kappa shape index (κ2) is 31.9. The van der Waals surface area contributed by atoms with Gasteiger partial charge in [-0.25, -0.2) is 19.9 Å². The molecule has 16 bridgehead atoms. The van der Waals surface area contributed by atoms with Crippen molar-refractivity contribution in [3.8, 4) is 106 Å². The van der Waals surface area contributed by atoms with Crippen LogP contribution in [0.15, 0.2) is 237 Å². The van der Waals surface area contributed by atoms with Gasteiger partial charge in [-0.15, -0.1) is 27.8 Å². The number of aromatic nitrogens is 9. The van der Waals surface area contributed by atoms with Gasteiger partial charge in [0.05, 0.1) is 99.6 Å². The number of aryl methyl sites for hydroxylation is 8. The summed E-state index contributed by atoms with van der Waals surface area (Å²) in [7, 11) is 0. The van der Waals surface area contributed by atoms with Crippen LogP contribution in [0.2, 0.25) is 0 Å². The number of nitrogens with one attached hydrogen (secondary N) is 2. The van der Waals surface area contributed by atoms with E-state index in [2.05, 4.69) is 343 Å². The molecule has 5 aliphatic heterocycles. The highest BCUT2D eigenvalue weighted by atomic mass is 32.1. The lowest BCUT2D eigenvalue weighted by molar-refractivity contribution is -0.00125. The van der Waals surface area contributed by atoms with Crippen LogP contribution in [0.1, 0.15) is 104 Å². The molecule has 592 valence electrons. The van der Waals surface area contributed by atoms with Crippen molar-refractivity contribution in [2.45, 2.75) is 75.0 Å². The first-order chi connectivity index (χ1) is 59.1. The lowest BCUT2D eigenvalue weighted by Crippen LogP contribution is -2.35. The molecule has 0 saturated carbocycles. The smallest absolute Gasteiger partial charge is 0.180 e. The minimum atomic E-state index is -0.601. The zero-order chi connectivity index (χ0) is 82.0. The second-order valence-electron chi connectivity index (χ2n) is 32.7. The van der Waals surface area contributed by atoms with Crippen molar-refractivity contribution in [1.29, 1.82) is 0 Å². The van der Waals surface area contributed by atoms with Crippen molar-refractivity contribution >= 4 is 112 Å². The van der Waals surface area contributed by atoms with Crippen LogP contribution in [-0.2, 0) is 17.9 Å². The molecule has 15 aromatic rings. The van der Waals surface area contributed by atoms with Gasteiger partial charge in [0.25, 0.3) is 0 Å². The number of hydrogen-bond acceptors (Lipinski definition) is 12. The average molecular weight is 1620 g/mol. The van der Waals surface area contributed by atoms with E-state index >= 15 is 0 Å². The fraction of sp³-hybridized carbons (Fsp3) is 0.151. The minimum Gasteiger partial charge on any atom is -0.494 e. The predicted molar refractivity (Wildman–Crippen MR) is 500 cm³/mol. The quantitative estimate of drug-likeness (QED) is 0.0843. The van der Waals surface area contributed by atoms with Crippen LogP contribution in [0.4, 0.5) is 0 Å². The Morgan fingerprint density at radius 1 is 0.355 bits per heavy atom. The van der Waals surface area contributed by atoms with Gasteiger partial charge >= 0.3 is 0 Å². The number of thiophene rings is 2. The van der Waals surface area contributed by atoms with Crippen LogP contribution in [0.25, 0.3) is 178 Å². The van der Waals surface area contributed by atoms with Crippen LogP contribution in [0.3, 0.4) is 0 Å². The van der Waals surface area contributed by atoms with Crippen molar-refractivity contribution in [2.75, 3.05) is 26.4 Å². The van der Waals surface area contributed by atoms with Gasteiger partial charge in [-0.3, -0.25) is 4.68 Å². The standard InChI is InChI=1S/C106H87N9O4S2/c1-63-10-24-70(25-11-63)94-80-42-44-82(107-80)95(71-26-12-64(2)13-27-71)84-46-48-86(109-84)97(87-49-47-85(110-87)96(83-45-43-81(94)108-83)72-28-14-65(3)15-29-72)73-38-40-79(41-39-73)117-57-9-56-115-58-78(113-114-115)59-116-60-106(8)61-118-102-103(119-62-106)105-101(77-36-22-69(7)23-37-77)91-53-51-89(112-91)99(75-32-18-67(5)19-33-75)93-55-54-92(120-93)98(74-30-16-66(4)17-31-74)88-50-52-90(111-88)100(104(102)121-105)76-34-20-68(6)21-35-76/h10-55,58,107,110H,9,56-57,59-62H2,1-8H3. The molecule has 13 nitrogen and oxygen atoms in total. The molecule has 0 fully saturated rings. The van der Waals surface area contributed by atoms with Crippen LogP contribution >= 0.6 is 22.7 Å². The number of nitrogens with zero attached hydrogens (tertiary/aromatic N) is 7. The zero-order valence-electron chi connectivity index (χ0n) is 68.7. The van der Waals surface area contributed by atoms with E-state index in [4.69, 9.17) is 38.9 Å². The third-order valence-electron chi connectivity index (χ3n) is 23.2. The Labute approximate surface area is 711 Å². The zero-order valence-corrected chi connectivity index (χ0v) is 70.3. The maximum absolute atomic E-state index is 7.35. The number of hydrogen-bond donors (Lipinski definition) is 2. The van der Waals surface area contributed by atoms with Crippen molar-refractivity contribution < 1.29 is 18.9 Å². The van der Waals surface area contributed by atoms with Crippen molar-refractivity contribution in [2.24, 2.45) is 5.41 Å². The van der Waals surface area contributed by atoms with E-state index in [-0.39, 0.29) is 6.61 Å². The first kappa shape index (κ1) is 76.0. The van der Waals surface area contributed by atoms with E-state index in [0.717, 1.165) is 198 Å². The molecule has 121 heavy (non-hydrogen) atoms. The molecule has 15 heteroatoms. The summed E-state index contributed by atoms with van der Waals surface area (Å²) < 4.78 is 33.8. The first-order valence-corrected chi connectivity index (χ1v) is 42.9. The van der Waals surface area contributed by atoms with E-state index < -0.39 is 5.41 Å². The Hall–Kier alpha value is -13.7. The molecule has 8 aromatic carbocycles. The van der Waals surface area contributed by atoms with E-state index in [1.807, 2.05) is 23.0 Å². The summed E-state index contributed by atoms with van der Waals surface area (Å²) in [5, 5.41) is 9.16. The number of H-pyrrole nitrogens is 2. The fourth-order valence-electron chi connectivity index (χ4n) is 16.6. The third-order valence-corrected chi connectivity index (χ3v) is 25.5. The van der Waals surface area contributed by atoms with E-state index in [1.54, 1.807) is 22.7 Å². The van der Waals surface area contributed by atoms with Gasteiger partial charge in [0, 0.05) is 88.9 Å². The van der Waals surface area contributed by atoms with Crippen LogP contribution in [-0.4, -0.2) is 71.3 Å². The van der Waals surface area contributed by atoms with E-state index in [9.17, 15) is 0 Å². The third kappa shape index (κ3) is 15.1. The van der Waals surface area contributed by atoms with Gasteiger partial charge < -0.3 is 28.9 Å². The summed E-state index contributed by atoms with van der Waals surface area (Å²) in [6.45, 7) is 19.3. The molecule has 0 aliphatic carbocycles. The Morgan fingerprint density at radius 2 is 0.653 bits per heavy atom. The van der Waals surface area contributed by atoms with Crippen molar-refractivity contribution in [1.82, 2.24) is 44.9 Å². The minimum absolute atomic E-state index is 0.246. The fourth-order valence-corrected chi connectivity index (χ4v) is 19.1. The number of aromatic amines is 2. The van der Waals surface area contributed by atoms with Gasteiger partial charge in [-0.1, -0.05) is 233 Å². The molecular weight excluding hydrogens is 1530 g/mol. The first-order valence-electron chi connectivity index (χ1n) is 41.3. The normalized spacial score (nSPS) is 13.2. The van der Waals surface area contributed by atoms with E-state index in [1.165, 1.54) is 27.8 Å². The molecule has 0 saturated heterocycles. The van der Waals surface area contributed by atoms with Gasteiger partial charge in [-0.2, -0.15) is 0 Å². The molecular formula is C106H87N9O4S2. The summed E-state index contributed by atoms with van der Waals surface area (Å²) in [6.07, 6.45) is 19.9. The summed E-state index contributed by atoms with van der Waals surface area (Å²) >= 11 is 3.44. The maximum atomic E-state index is 7.35. The van der Waals surface area contributed by atoms with E-state index in [0.29, 0.717) is 50.9 Å². The number of rotatable bonds is 17. The molecule has 12 heterocycles. The summed E-state index contributed by atoms with van der Waals surface area (Å²) in [5.41, 5.74) is 35.4. The van der Waals surface area contributed by atoms with Crippen LogP contribution in [0, 0.1) is 53.9 Å². The Morgan fingerprint density at radius 3 is 0.992 bits per heavy atom. The largest absolute Gasteiger partial charge is 0.494 e. The molecule has 7 aromatic heterocycles. The lowest BCUT2D eigenvalue weighted by Gasteiger charge is -2.26. The number of benzene rings is 8. The second-order valence-corrected chi connectivity index (χ2v) is 34.8. The monoisotopic (exact) mass is 1610 g/mol. The molecule has 20 rings (SSSR count). The van der Waals surface area contributed by atoms with Crippen molar-refractivity contribution in [3.63, 3.8) is 0 Å². The van der Waals surface area contributed by atoms with Crippen LogP contribution in [0.5, 0.6) is 17.2 Å². The van der Waals surface area contributed by atoms with Crippen LogP contribution < -0.4 is 14.2 Å². The highest BCUT2D eigenvalue weighted by Gasteiger charge is 2.36. The highest BCUT2D eigenvalue weighted by molar-refractivity contribution is 7.25.